The summed E-state index contributed by atoms with van der Waals surface area (Å²) in [7, 11) is 0. The lowest BCUT2D eigenvalue weighted by atomic mass is 9.88. The zero-order valence-electron chi connectivity index (χ0n) is 12.1. The minimum Gasteiger partial charge on any atom is -0.409 e. The number of nitrogens with zero attached hydrogens (tertiary/aromatic N) is 3. The first-order valence-corrected chi connectivity index (χ1v) is 6.68. The van der Waals surface area contributed by atoms with Crippen molar-refractivity contribution < 1.29 is 5.21 Å². The third-order valence-corrected chi connectivity index (χ3v) is 3.33. The molecule has 0 saturated heterocycles. The molecule has 2 heterocycles. The Morgan fingerprint density at radius 1 is 1.14 bits per heavy atom. The Bertz CT molecular complexity index is 620. The van der Waals surface area contributed by atoms with Crippen LogP contribution in [0, 0.1) is 5.92 Å². The summed E-state index contributed by atoms with van der Waals surface area (Å²) in [5.74, 6) is 0.698. The van der Waals surface area contributed by atoms with Crippen molar-refractivity contribution in [2.75, 3.05) is 5.73 Å². The molecule has 0 aliphatic heterocycles. The minimum absolute atomic E-state index is 0.166. The molecule has 6 nitrogen and oxygen atoms in total. The third kappa shape index (κ3) is 3.28. The highest BCUT2D eigenvalue weighted by Crippen LogP contribution is 2.26. The Hall–Kier alpha value is -2.63. The fourth-order valence-electron chi connectivity index (χ4n) is 2.28. The number of anilines is 1. The van der Waals surface area contributed by atoms with Gasteiger partial charge in [-0.15, -0.1) is 0 Å². The SMILES string of the molecule is CC(C)C(/C(N)=N/O)c1ccc(-c2ccc(N)nc2)nc1. The number of rotatable bonds is 4. The van der Waals surface area contributed by atoms with Crippen molar-refractivity contribution in [3.8, 4) is 11.3 Å². The van der Waals surface area contributed by atoms with E-state index in [9.17, 15) is 0 Å². The van der Waals surface area contributed by atoms with E-state index in [2.05, 4.69) is 15.1 Å². The summed E-state index contributed by atoms with van der Waals surface area (Å²) in [6.07, 6.45) is 3.43. The first-order valence-electron chi connectivity index (χ1n) is 6.68. The van der Waals surface area contributed by atoms with Gasteiger partial charge in [0, 0.05) is 23.9 Å². The summed E-state index contributed by atoms with van der Waals surface area (Å²) in [5.41, 5.74) is 13.9. The molecule has 0 saturated carbocycles. The maximum Gasteiger partial charge on any atom is 0.147 e. The van der Waals surface area contributed by atoms with Crippen molar-refractivity contribution in [3.05, 3.63) is 42.2 Å². The zero-order valence-corrected chi connectivity index (χ0v) is 12.1. The molecule has 0 fully saturated rings. The van der Waals surface area contributed by atoms with Gasteiger partial charge in [0.2, 0.25) is 0 Å². The van der Waals surface area contributed by atoms with Gasteiger partial charge in [0.15, 0.2) is 0 Å². The highest BCUT2D eigenvalue weighted by molar-refractivity contribution is 5.87. The predicted molar refractivity (Wildman–Crippen MR) is 82.9 cm³/mol. The fraction of sp³-hybridized carbons (Fsp3) is 0.267. The van der Waals surface area contributed by atoms with Gasteiger partial charge in [-0.2, -0.15) is 0 Å². The number of hydrogen-bond acceptors (Lipinski definition) is 5. The lowest BCUT2D eigenvalue weighted by molar-refractivity contribution is 0.314. The second-order valence-electron chi connectivity index (χ2n) is 5.20. The third-order valence-electron chi connectivity index (χ3n) is 3.33. The Labute approximate surface area is 123 Å². The van der Waals surface area contributed by atoms with Crippen LogP contribution < -0.4 is 11.5 Å². The van der Waals surface area contributed by atoms with Gasteiger partial charge in [0.05, 0.1) is 5.69 Å². The molecule has 0 aromatic carbocycles. The average Bonchev–Trinajstić information content (AvgIpc) is 2.48. The summed E-state index contributed by atoms with van der Waals surface area (Å²) in [5, 5.41) is 12.0. The van der Waals surface area contributed by atoms with E-state index in [0.29, 0.717) is 5.82 Å². The van der Waals surface area contributed by atoms with Crippen LogP contribution in [-0.4, -0.2) is 21.0 Å². The number of hydrogen-bond donors (Lipinski definition) is 3. The molecule has 6 heteroatoms. The molecule has 0 bridgehead atoms. The second kappa shape index (κ2) is 6.21. The zero-order chi connectivity index (χ0) is 15.4. The van der Waals surface area contributed by atoms with Crippen LogP contribution in [-0.2, 0) is 0 Å². The number of pyridine rings is 2. The lowest BCUT2D eigenvalue weighted by Crippen LogP contribution is -2.26. The van der Waals surface area contributed by atoms with Crippen molar-refractivity contribution in [2.24, 2.45) is 16.8 Å². The van der Waals surface area contributed by atoms with Gasteiger partial charge in [0.25, 0.3) is 0 Å². The standard InChI is InChI=1S/C15H19N5O/c1-9(2)14(15(17)20-21)11-3-5-12(18-8-11)10-4-6-13(16)19-7-10/h3-9,14,21H,1-2H3,(H2,16,19)(H2,17,20). The topological polar surface area (TPSA) is 110 Å². The summed E-state index contributed by atoms with van der Waals surface area (Å²) in [6.45, 7) is 4.03. The molecule has 0 radical (unpaired) electrons. The molecule has 1 atom stereocenters. The molecule has 0 aliphatic carbocycles. The molecule has 2 rings (SSSR count). The van der Waals surface area contributed by atoms with Gasteiger partial charge in [-0.1, -0.05) is 25.1 Å². The second-order valence-corrected chi connectivity index (χ2v) is 5.20. The number of nitrogens with two attached hydrogens (primary N) is 2. The van der Waals surface area contributed by atoms with E-state index in [4.69, 9.17) is 16.7 Å². The van der Waals surface area contributed by atoms with E-state index in [1.165, 1.54) is 0 Å². The Morgan fingerprint density at radius 2 is 1.90 bits per heavy atom. The number of nitrogen functional groups attached to an aromatic ring is 1. The van der Waals surface area contributed by atoms with Crippen molar-refractivity contribution in [3.63, 3.8) is 0 Å². The van der Waals surface area contributed by atoms with Crippen LogP contribution in [0.5, 0.6) is 0 Å². The van der Waals surface area contributed by atoms with Crippen LogP contribution >= 0.6 is 0 Å². The quantitative estimate of drug-likeness (QED) is 0.345. The molecule has 2 aromatic rings. The van der Waals surface area contributed by atoms with E-state index < -0.39 is 0 Å². The van der Waals surface area contributed by atoms with Gasteiger partial charge >= 0.3 is 0 Å². The van der Waals surface area contributed by atoms with E-state index in [-0.39, 0.29) is 17.7 Å². The van der Waals surface area contributed by atoms with Crippen LogP contribution in [0.15, 0.2) is 41.8 Å². The molecule has 2 aromatic heterocycles. The molecule has 0 amide bonds. The van der Waals surface area contributed by atoms with Crippen molar-refractivity contribution in [1.29, 1.82) is 0 Å². The predicted octanol–water partition coefficient (Wildman–Crippen LogP) is 2.21. The maximum atomic E-state index is 8.90. The minimum atomic E-state index is -0.166. The number of amidine groups is 1. The van der Waals surface area contributed by atoms with Gasteiger partial charge < -0.3 is 16.7 Å². The highest BCUT2D eigenvalue weighted by atomic mass is 16.4. The first kappa shape index (κ1) is 14.8. The summed E-state index contributed by atoms with van der Waals surface area (Å²) >= 11 is 0. The molecular weight excluding hydrogens is 266 g/mol. The fourth-order valence-corrected chi connectivity index (χ4v) is 2.28. The van der Waals surface area contributed by atoms with Gasteiger partial charge in [-0.05, 0) is 29.7 Å². The Balaban J connectivity index is 2.31. The smallest absolute Gasteiger partial charge is 0.147 e. The normalized spacial score (nSPS) is 13.4. The highest BCUT2D eigenvalue weighted by Gasteiger charge is 2.21. The summed E-state index contributed by atoms with van der Waals surface area (Å²) in [4.78, 5) is 8.47. The lowest BCUT2D eigenvalue weighted by Gasteiger charge is -2.19. The molecule has 5 N–H and O–H groups in total. The molecule has 110 valence electrons. The Kier molecular flexibility index (Phi) is 4.37. The van der Waals surface area contributed by atoms with Crippen LogP contribution in [0.3, 0.4) is 0 Å². The van der Waals surface area contributed by atoms with E-state index >= 15 is 0 Å². The molecule has 0 aliphatic rings. The molecule has 1 unspecified atom stereocenters. The van der Waals surface area contributed by atoms with Crippen LogP contribution in [0.1, 0.15) is 25.3 Å². The van der Waals surface area contributed by atoms with Gasteiger partial charge in [-0.3, -0.25) is 4.98 Å². The number of aromatic nitrogens is 2. The van der Waals surface area contributed by atoms with Crippen molar-refractivity contribution in [1.82, 2.24) is 9.97 Å². The summed E-state index contributed by atoms with van der Waals surface area (Å²) in [6, 6.07) is 7.43. The van der Waals surface area contributed by atoms with Crippen LogP contribution in [0.4, 0.5) is 5.82 Å². The molecule has 21 heavy (non-hydrogen) atoms. The first-order chi connectivity index (χ1) is 10.0. The molecule has 0 spiro atoms. The van der Waals surface area contributed by atoms with Crippen molar-refractivity contribution in [2.45, 2.75) is 19.8 Å². The van der Waals surface area contributed by atoms with Gasteiger partial charge in [-0.25, -0.2) is 4.98 Å². The summed E-state index contributed by atoms with van der Waals surface area (Å²) < 4.78 is 0. The molecular formula is C15H19N5O. The van der Waals surface area contributed by atoms with E-state index in [1.54, 1.807) is 18.5 Å². The van der Waals surface area contributed by atoms with Gasteiger partial charge in [0.1, 0.15) is 11.7 Å². The Morgan fingerprint density at radius 3 is 2.38 bits per heavy atom. The average molecular weight is 285 g/mol. The maximum absolute atomic E-state index is 8.90. The van der Waals surface area contributed by atoms with Crippen LogP contribution in [0.25, 0.3) is 11.3 Å². The van der Waals surface area contributed by atoms with Crippen LogP contribution in [0.2, 0.25) is 0 Å². The monoisotopic (exact) mass is 285 g/mol. The van der Waals surface area contributed by atoms with E-state index in [0.717, 1.165) is 16.8 Å². The largest absolute Gasteiger partial charge is 0.409 e. The van der Waals surface area contributed by atoms with Crippen molar-refractivity contribution >= 4 is 11.7 Å². The number of oxime groups is 1. The van der Waals surface area contributed by atoms with E-state index in [1.807, 2.05) is 32.0 Å².